The fourth-order valence-corrected chi connectivity index (χ4v) is 4.65. The number of carbonyl (C=O) groups is 1. The molecule has 1 amide bonds. The number of hydrazone groups is 1. The number of hydrogen-bond acceptors (Lipinski definition) is 4. The molecule has 6 nitrogen and oxygen atoms in total. The molecule has 31 heavy (non-hydrogen) atoms. The van der Waals surface area contributed by atoms with Gasteiger partial charge in [-0.1, -0.05) is 59.6 Å². The number of sulfonamides is 1. The standard InChI is InChI=1S/C22H19Cl2N3O3S/c1-16-6-5-7-19(12-16)27(31(29,30)20-8-3-2-4-9-20)15-22(28)26-25-14-17-10-11-18(23)13-21(17)24/h2-14H,15H2,1H3,(H,26,28)/b25-14-. The molecule has 0 unspecified atom stereocenters. The van der Waals surface area contributed by atoms with Crippen molar-refractivity contribution in [3.05, 3.63) is 94.0 Å². The third-order valence-corrected chi connectivity index (χ3v) is 6.61. The second-order valence-corrected chi connectivity index (χ2v) is 9.33. The Morgan fingerprint density at radius 3 is 2.45 bits per heavy atom. The fourth-order valence-electron chi connectivity index (χ4n) is 2.76. The van der Waals surface area contributed by atoms with E-state index >= 15 is 0 Å². The van der Waals surface area contributed by atoms with Gasteiger partial charge in [-0.05, 0) is 48.9 Å². The summed E-state index contributed by atoms with van der Waals surface area (Å²) in [4.78, 5) is 12.6. The molecule has 0 fully saturated rings. The SMILES string of the molecule is Cc1cccc(N(CC(=O)N/N=C\c2ccc(Cl)cc2Cl)S(=O)(=O)c2ccccc2)c1. The first-order chi connectivity index (χ1) is 14.8. The summed E-state index contributed by atoms with van der Waals surface area (Å²) in [6, 6.07) is 19.7. The molecule has 0 aromatic heterocycles. The summed E-state index contributed by atoms with van der Waals surface area (Å²) < 4.78 is 27.5. The number of nitrogens with zero attached hydrogens (tertiary/aromatic N) is 2. The number of carbonyl (C=O) groups excluding carboxylic acids is 1. The molecular formula is C22H19Cl2N3O3S. The first kappa shape index (κ1) is 22.8. The summed E-state index contributed by atoms with van der Waals surface area (Å²) in [6.07, 6.45) is 1.36. The lowest BCUT2D eigenvalue weighted by molar-refractivity contribution is -0.119. The number of rotatable bonds is 7. The van der Waals surface area contributed by atoms with Crippen molar-refractivity contribution in [3.8, 4) is 0 Å². The molecule has 160 valence electrons. The van der Waals surface area contributed by atoms with Crippen molar-refractivity contribution in [2.75, 3.05) is 10.8 Å². The lowest BCUT2D eigenvalue weighted by atomic mass is 10.2. The summed E-state index contributed by atoms with van der Waals surface area (Å²) in [5.41, 5.74) is 4.14. The fraction of sp³-hybridized carbons (Fsp3) is 0.0909. The van der Waals surface area contributed by atoms with Crippen molar-refractivity contribution >= 4 is 51.0 Å². The monoisotopic (exact) mass is 475 g/mol. The average Bonchev–Trinajstić information content (AvgIpc) is 2.74. The zero-order valence-corrected chi connectivity index (χ0v) is 18.8. The highest BCUT2D eigenvalue weighted by Crippen LogP contribution is 2.24. The molecule has 3 aromatic carbocycles. The van der Waals surface area contributed by atoms with Crippen molar-refractivity contribution < 1.29 is 13.2 Å². The molecule has 0 atom stereocenters. The van der Waals surface area contributed by atoms with Crippen LogP contribution in [0.2, 0.25) is 10.0 Å². The van der Waals surface area contributed by atoms with E-state index in [1.165, 1.54) is 18.3 Å². The van der Waals surface area contributed by atoms with E-state index in [4.69, 9.17) is 23.2 Å². The third kappa shape index (κ3) is 5.85. The molecule has 0 saturated carbocycles. The molecule has 3 rings (SSSR count). The Hall–Kier alpha value is -2.87. The molecule has 0 radical (unpaired) electrons. The maximum absolute atomic E-state index is 13.2. The molecule has 0 aliphatic heterocycles. The van der Waals surface area contributed by atoms with Crippen LogP contribution in [0.25, 0.3) is 0 Å². The van der Waals surface area contributed by atoms with Crippen LogP contribution in [0.15, 0.2) is 82.8 Å². The molecule has 0 saturated heterocycles. The van der Waals surface area contributed by atoms with E-state index in [9.17, 15) is 13.2 Å². The highest BCUT2D eigenvalue weighted by atomic mass is 35.5. The molecule has 9 heteroatoms. The Morgan fingerprint density at radius 2 is 1.77 bits per heavy atom. The number of aryl methyl sites for hydroxylation is 1. The maximum Gasteiger partial charge on any atom is 0.264 e. The van der Waals surface area contributed by atoms with Gasteiger partial charge in [0.2, 0.25) is 0 Å². The van der Waals surface area contributed by atoms with Crippen molar-refractivity contribution in [1.29, 1.82) is 0 Å². The average molecular weight is 476 g/mol. The minimum Gasteiger partial charge on any atom is -0.271 e. The van der Waals surface area contributed by atoms with E-state index in [2.05, 4.69) is 10.5 Å². The van der Waals surface area contributed by atoms with Crippen LogP contribution in [0.4, 0.5) is 5.69 Å². The van der Waals surface area contributed by atoms with Gasteiger partial charge in [0.15, 0.2) is 0 Å². The normalized spacial score (nSPS) is 11.5. The van der Waals surface area contributed by atoms with Crippen LogP contribution in [0.1, 0.15) is 11.1 Å². The van der Waals surface area contributed by atoms with E-state index < -0.39 is 22.5 Å². The second-order valence-electron chi connectivity index (χ2n) is 6.62. The van der Waals surface area contributed by atoms with Crippen molar-refractivity contribution in [2.24, 2.45) is 5.10 Å². The predicted molar refractivity (Wildman–Crippen MR) is 124 cm³/mol. The summed E-state index contributed by atoms with van der Waals surface area (Å²) in [5.74, 6) is -0.609. The van der Waals surface area contributed by atoms with Gasteiger partial charge in [0.1, 0.15) is 6.54 Å². The summed E-state index contributed by atoms with van der Waals surface area (Å²) in [7, 11) is -3.97. The van der Waals surface area contributed by atoms with Crippen LogP contribution >= 0.6 is 23.2 Å². The molecule has 0 bridgehead atoms. The van der Waals surface area contributed by atoms with Crippen LogP contribution in [-0.2, 0) is 14.8 Å². The Balaban J connectivity index is 1.83. The summed E-state index contributed by atoms with van der Waals surface area (Å²) >= 11 is 11.9. The van der Waals surface area contributed by atoms with Crippen molar-refractivity contribution in [1.82, 2.24) is 5.43 Å². The lowest BCUT2D eigenvalue weighted by Gasteiger charge is -2.24. The van der Waals surface area contributed by atoms with Gasteiger partial charge in [0.25, 0.3) is 15.9 Å². The minimum atomic E-state index is -3.97. The minimum absolute atomic E-state index is 0.0840. The molecular weight excluding hydrogens is 457 g/mol. The quantitative estimate of drug-likeness (QED) is 0.399. The smallest absolute Gasteiger partial charge is 0.264 e. The zero-order chi connectivity index (χ0) is 22.4. The summed E-state index contributed by atoms with van der Waals surface area (Å²) in [5, 5.41) is 4.73. The maximum atomic E-state index is 13.2. The molecule has 0 aliphatic rings. The van der Waals surface area contributed by atoms with E-state index in [0.717, 1.165) is 9.87 Å². The third-order valence-electron chi connectivity index (χ3n) is 4.26. The Kier molecular flexibility index (Phi) is 7.33. The summed E-state index contributed by atoms with van der Waals surface area (Å²) in [6.45, 7) is 1.39. The van der Waals surface area contributed by atoms with Crippen LogP contribution in [-0.4, -0.2) is 27.1 Å². The van der Waals surface area contributed by atoms with Crippen molar-refractivity contribution in [3.63, 3.8) is 0 Å². The lowest BCUT2D eigenvalue weighted by Crippen LogP contribution is -2.39. The largest absolute Gasteiger partial charge is 0.271 e. The topological polar surface area (TPSA) is 78.8 Å². The Labute approximate surface area is 191 Å². The van der Waals surface area contributed by atoms with E-state index in [-0.39, 0.29) is 4.90 Å². The first-order valence-corrected chi connectivity index (χ1v) is 11.4. The predicted octanol–water partition coefficient (Wildman–Crippen LogP) is 4.65. The highest BCUT2D eigenvalue weighted by molar-refractivity contribution is 7.92. The van der Waals surface area contributed by atoms with E-state index in [1.807, 2.05) is 13.0 Å². The van der Waals surface area contributed by atoms with Crippen LogP contribution < -0.4 is 9.73 Å². The van der Waals surface area contributed by atoms with Crippen LogP contribution in [0.5, 0.6) is 0 Å². The van der Waals surface area contributed by atoms with Gasteiger partial charge in [0.05, 0.1) is 21.8 Å². The molecule has 0 spiro atoms. The number of anilines is 1. The van der Waals surface area contributed by atoms with Gasteiger partial charge in [-0.25, -0.2) is 13.8 Å². The van der Waals surface area contributed by atoms with Gasteiger partial charge in [-0.15, -0.1) is 0 Å². The van der Waals surface area contributed by atoms with Crippen LogP contribution in [0, 0.1) is 6.92 Å². The van der Waals surface area contributed by atoms with Gasteiger partial charge >= 0.3 is 0 Å². The van der Waals surface area contributed by atoms with E-state index in [0.29, 0.717) is 21.3 Å². The number of nitrogens with one attached hydrogen (secondary N) is 1. The number of benzene rings is 3. The number of amides is 1. The number of hydrogen-bond donors (Lipinski definition) is 1. The second kappa shape index (κ2) is 9.96. The highest BCUT2D eigenvalue weighted by Gasteiger charge is 2.27. The van der Waals surface area contributed by atoms with Gasteiger partial charge in [0, 0.05) is 10.6 Å². The molecule has 0 heterocycles. The van der Waals surface area contributed by atoms with E-state index in [1.54, 1.807) is 54.6 Å². The van der Waals surface area contributed by atoms with Crippen LogP contribution in [0.3, 0.4) is 0 Å². The number of halogens is 2. The first-order valence-electron chi connectivity index (χ1n) is 9.19. The van der Waals surface area contributed by atoms with Gasteiger partial charge < -0.3 is 0 Å². The molecule has 3 aromatic rings. The van der Waals surface area contributed by atoms with Gasteiger partial charge in [-0.3, -0.25) is 9.10 Å². The Morgan fingerprint density at radius 1 is 1.03 bits per heavy atom. The zero-order valence-electron chi connectivity index (χ0n) is 16.5. The Bertz CT molecular complexity index is 1220. The molecule has 0 aliphatic carbocycles. The van der Waals surface area contributed by atoms with Crippen molar-refractivity contribution in [2.45, 2.75) is 11.8 Å². The molecule has 1 N–H and O–H groups in total. The van der Waals surface area contributed by atoms with Gasteiger partial charge in [-0.2, -0.15) is 5.10 Å².